The van der Waals surface area contributed by atoms with E-state index in [9.17, 15) is 9.90 Å². The molecule has 5 heterocycles. The number of rotatable bonds is 4. The van der Waals surface area contributed by atoms with Gasteiger partial charge in [0, 0.05) is 12.8 Å². The zero-order valence-electron chi connectivity index (χ0n) is 19.0. The lowest BCUT2D eigenvalue weighted by Crippen LogP contribution is -3.00. The average molecular weight is 547 g/mol. The van der Waals surface area contributed by atoms with Gasteiger partial charge in [0.2, 0.25) is 5.60 Å². The summed E-state index contributed by atoms with van der Waals surface area (Å²) in [5.41, 5.74) is -2.22. The molecule has 2 aromatic heterocycles. The van der Waals surface area contributed by atoms with E-state index in [2.05, 4.69) is 14.1 Å². The van der Waals surface area contributed by atoms with Crippen LogP contribution in [0.25, 0.3) is 0 Å². The summed E-state index contributed by atoms with van der Waals surface area (Å²) >= 11 is 2.74. The first kappa shape index (κ1) is 25.8. The zero-order valence-corrected chi connectivity index (χ0v) is 22.2. The van der Waals surface area contributed by atoms with Crippen LogP contribution in [-0.4, -0.2) is 70.8 Å². The Morgan fingerprint density at radius 1 is 1.03 bits per heavy atom. The Morgan fingerprint density at radius 3 is 1.84 bits per heavy atom. The van der Waals surface area contributed by atoms with Crippen LogP contribution in [0.15, 0.2) is 35.0 Å². The monoisotopic (exact) mass is 545 g/mol. The Labute approximate surface area is 208 Å². The molecule has 0 aliphatic carbocycles. The van der Waals surface area contributed by atoms with Crippen molar-refractivity contribution in [3.63, 3.8) is 0 Å². The minimum Gasteiger partial charge on any atom is -1.00 e. The first-order valence-corrected chi connectivity index (χ1v) is 12.4. The lowest BCUT2D eigenvalue weighted by molar-refractivity contribution is -0.938. The van der Waals surface area contributed by atoms with E-state index in [-0.39, 0.29) is 23.1 Å². The number of hydrogen-bond acceptors (Lipinski definition) is 7. The van der Waals surface area contributed by atoms with Gasteiger partial charge in [-0.3, -0.25) is 0 Å². The van der Waals surface area contributed by atoms with Crippen molar-refractivity contribution in [2.75, 3.05) is 14.1 Å². The van der Waals surface area contributed by atoms with Crippen molar-refractivity contribution in [3.05, 3.63) is 44.8 Å². The molecule has 0 saturated carbocycles. The third kappa shape index (κ3) is 4.85. The highest BCUT2D eigenvalue weighted by Gasteiger charge is 2.71. The second kappa shape index (κ2) is 9.09. The molecule has 2 N–H and O–H groups in total. The third-order valence-corrected chi connectivity index (χ3v) is 8.32. The molecule has 3 saturated heterocycles. The topological polar surface area (TPSA) is 79.3 Å². The van der Waals surface area contributed by atoms with Crippen LogP contribution in [0.1, 0.15) is 43.4 Å². The normalized spacial score (nSPS) is 29.8. The number of nitrogens with zero attached hydrogens (tertiary/aromatic N) is 1. The number of quaternary nitrogens is 1. The van der Waals surface area contributed by atoms with Crippen LogP contribution in [0.4, 0.5) is 0 Å². The average Bonchev–Trinajstić information content (AvgIpc) is 3.01. The van der Waals surface area contributed by atoms with Crippen molar-refractivity contribution < 1.29 is 45.9 Å². The number of morpholine rings is 1. The van der Waals surface area contributed by atoms with Gasteiger partial charge in [0.1, 0.15) is 30.4 Å². The fraction of sp³-hybridized carbons (Fsp3) is 0.609. The van der Waals surface area contributed by atoms with Gasteiger partial charge in [-0.05, 0) is 43.7 Å². The molecular weight excluding hydrogens is 514 g/mol. The van der Waals surface area contributed by atoms with E-state index in [1.165, 1.54) is 22.7 Å². The molecule has 3 aliphatic heterocycles. The fourth-order valence-electron chi connectivity index (χ4n) is 4.83. The molecule has 0 radical (unpaired) electrons. The van der Waals surface area contributed by atoms with Gasteiger partial charge in [-0.15, -0.1) is 22.7 Å². The Bertz CT molecular complexity index is 849. The Hall–Kier alpha value is -0.810. The molecule has 0 amide bonds. The van der Waals surface area contributed by atoms with Gasteiger partial charge in [0.05, 0.1) is 29.5 Å². The van der Waals surface area contributed by atoms with E-state index < -0.39 is 17.2 Å². The molecule has 2 aromatic rings. The molecule has 2 bridgehead atoms. The van der Waals surface area contributed by atoms with Crippen LogP contribution in [0.3, 0.4) is 0 Å². The maximum atomic E-state index is 13.1. The number of aliphatic hydroxyl groups is 2. The summed E-state index contributed by atoms with van der Waals surface area (Å²) in [7, 11) is 4.49. The van der Waals surface area contributed by atoms with Gasteiger partial charge in [-0.1, -0.05) is 12.1 Å². The maximum absolute atomic E-state index is 13.1. The lowest BCUT2D eigenvalue weighted by atomic mass is 9.95. The van der Waals surface area contributed by atoms with Crippen LogP contribution >= 0.6 is 22.7 Å². The van der Waals surface area contributed by atoms with E-state index in [0.717, 1.165) is 17.3 Å². The van der Waals surface area contributed by atoms with Crippen molar-refractivity contribution in [2.24, 2.45) is 0 Å². The predicted octanol–water partition coefficient (Wildman–Crippen LogP) is 0.127. The van der Waals surface area contributed by atoms with Crippen LogP contribution in [0.2, 0.25) is 0 Å². The summed E-state index contributed by atoms with van der Waals surface area (Å²) in [6, 6.07) is 8.01. The molecule has 6 nitrogen and oxygen atoms in total. The smallest absolute Gasteiger partial charge is 0.349 e. The fourth-order valence-corrected chi connectivity index (χ4v) is 6.54. The number of likely N-dealkylation sites (N-methyl/N-ethyl adjacent to an activating group) is 1. The number of halogens is 1. The number of epoxide rings is 1. The van der Waals surface area contributed by atoms with E-state index in [4.69, 9.17) is 14.6 Å². The SMILES string of the molecule is CC(C)(C)O.C[N+]1(C)[C@H]2CC(OC(=O)C(O)(c3cccs3)c3cccs3)C[C@H]1[C@H]1O[C@H]12.[Br-]. The Morgan fingerprint density at radius 2 is 1.47 bits per heavy atom. The van der Waals surface area contributed by atoms with Crippen molar-refractivity contribution in [2.45, 2.75) is 75.2 Å². The lowest BCUT2D eigenvalue weighted by Gasteiger charge is -2.45. The molecule has 9 heteroatoms. The van der Waals surface area contributed by atoms with Crippen LogP contribution in [0, 0.1) is 0 Å². The van der Waals surface area contributed by atoms with Gasteiger partial charge in [-0.25, -0.2) is 4.79 Å². The molecule has 3 fully saturated rings. The quantitative estimate of drug-likeness (QED) is 0.324. The Balaban J connectivity index is 0.000000438. The number of fused-ring (bicyclic) bond motifs is 5. The first-order chi connectivity index (χ1) is 14.4. The van der Waals surface area contributed by atoms with Gasteiger partial charge in [0.15, 0.2) is 0 Å². The molecule has 3 aliphatic rings. The standard InChI is InChI=1S/C19H22NO4S2.C4H10O.BrH/c1-20(2)12-9-11(10-13(20)17-16(12)24-17)23-18(21)19(22,14-5-3-7-25-14)15-6-4-8-26-15;1-4(2,3)5;/h3-8,11-13,16-17,22H,9-10H2,1-2H3;5H,1-3H3;1H/q+1;;/p-1/t11?,12-,13-,16-,17+;;/m0../s1. The molecule has 5 rings (SSSR count). The molecule has 0 aromatic carbocycles. The highest BCUT2D eigenvalue weighted by Crippen LogP contribution is 2.52. The molecule has 178 valence electrons. The molecular formula is C23H32BrNO5S2. The zero-order chi connectivity index (χ0) is 22.6. The number of thiophene rings is 2. The number of hydrogen-bond donors (Lipinski definition) is 2. The summed E-state index contributed by atoms with van der Waals surface area (Å²) in [5.74, 6) is -0.561. The second-order valence-electron chi connectivity index (χ2n) is 10.2. The van der Waals surface area contributed by atoms with Gasteiger partial charge in [0.25, 0.3) is 0 Å². The number of esters is 1. The number of piperidine rings is 1. The van der Waals surface area contributed by atoms with Crippen LogP contribution in [-0.2, 0) is 19.9 Å². The van der Waals surface area contributed by atoms with Gasteiger partial charge < -0.3 is 41.2 Å². The molecule has 1 unspecified atom stereocenters. The minimum absolute atomic E-state index is 0. The largest absolute Gasteiger partial charge is 1.00 e. The van der Waals surface area contributed by atoms with E-state index in [1.807, 2.05) is 22.9 Å². The van der Waals surface area contributed by atoms with E-state index >= 15 is 0 Å². The van der Waals surface area contributed by atoms with Gasteiger partial charge in [-0.2, -0.15) is 0 Å². The summed E-state index contributed by atoms with van der Waals surface area (Å²) < 4.78 is 12.6. The summed E-state index contributed by atoms with van der Waals surface area (Å²) in [4.78, 5) is 14.3. The Kier molecular flexibility index (Phi) is 7.33. The van der Waals surface area contributed by atoms with Crippen LogP contribution < -0.4 is 17.0 Å². The maximum Gasteiger partial charge on any atom is 0.349 e. The highest BCUT2D eigenvalue weighted by atomic mass is 79.9. The van der Waals surface area contributed by atoms with Crippen molar-refractivity contribution >= 4 is 28.6 Å². The second-order valence-corrected chi connectivity index (χ2v) is 12.1. The first-order valence-electron chi connectivity index (χ1n) is 10.6. The van der Waals surface area contributed by atoms with E-state index in [1.54, 1.807) is 32.9 Å². The summed E-state index contributed by atoms with van der Waals surface area (Å²) in [6.45, 7) is 5.23. The molecule has 5 atom stereocenters. The van der Waals surface area contributed by atoms with Gasteiger partial charge >= 0.3 is 5.97 Å². The van der Waals surface area contributed by atoms with Crippen LogP contribution in [0.5, 0.6) is 0 Å². The third-order valence-electron chi connectivity index (χ3n) is 6.36. The summed E-state index contributed by atoms with van der Waals surface area (Å²) in [5, 5.41) is 23.6. The van der Waals surface area contributed by atoms with Crippen molar-refractivity contribution in [1.29, 1.82) is 0 Å². The number of carbonyl (C=O) groups excluding carboxylic acids is 1. The molecule has 32 heavy (non-hydrogen) atoms. The van der Waals surface area contributed by atoms with Crippen molar-refractivity contribution in [3.8, 4) is 0 Å². The van der Waals surface area contributed by atoms with Crippen molar-refractivity contribution in [1.82, 2.24) is 0 Å². The summed E-state index contributed by atoms with van der Waals surface area (Å²) in [6.07, 6.45) is 2.05. The highest BCUT2D eigenvalue weighted by molar-refractivity contribution is 7.12. The molecule has 0 spiro atoms. The minimum atomic E-state index is -1.72. The predicted molar refractivity (Wildman–Crippen MR) is 121 cm³/mol. The number of carbonyl (C=O) groups is 1. The van der Waals surface area contributed by atoms with E-state index in [0.29, 0.717) is 34.0 Å². The number of ether oxygens (including phenoxy) is 2.